The fraction of sp³-hybridized carbons (Fsp3) is 0.400. The van der Waals surface area contributed by atoms with Gasteiger partial charge >= 0.3 is 0 Å². The van der Waals surface area contributed by atoms with E-state index in [4.69, 9.17) is 17.3 Å². The molecule has 0 fully saturated rings. The van der Waals surface area contributed by atoms with Gasteiger partial charge in [-0.3, -0.25) is 4.79 Å². The molecule has 1 aromatic heterocycles. The molecule has 0 spiro atoms. The maximum atomic E-state index is 12.3. The van der Waals surface area contributed by atoms with Gasteiger partial charge in [0.2, 0.25) is 15.9 Å². The third-order valence-corrected chi connectivity index (χ3v) is 4.42. The summed E-state index contributed by atoms with van der Waals surface area (Å²) in [5.74, 6) is -0.715. The van der Waals surface area contributed by atoms with Crippen molar-refractivity contribution in [3.63, 3.8) is 0 Å². The van der Waals surface area contributed by atoms with Crippen molar-refractivity contribution in [1.29, 1.82) is 0 Å². The van der Waals surface area contributed by atoms with Crippen molar-refractivity contribution in [1.82, 2.24) is 9.29 Å². The summed E-state index contributed by atoms with van der Waals surface area (Å²) in [6, 6.07) is 2.15. The Balaban J connectivity index is 3.21. The van der Waals surface area contributed by atoms with E-state index in [9.17, 15) is 13.2 Å². The van der Waals surface area contributed by atoms with Crippen LogP contribution >= 0.6 is 11.6 Å². The zero-order chi connectivity index (χ0) is 13.9. The van der Waals surface area contributed by atoms with Crippen LogP contribution in [-0.2, 0) is 14.8 Å². The summed E-state index contributed by atoms with van der Waals surface area (Å²) < 4.78 is 25.6. The van der Waals surface area contributed by atoms with Crippen LogP contribution in [0.1, 0.15) is 13.8 Å². The molecule has 100 valence electrons. The number of sulfonamides is 1. The van der Waals surface area contributed by atoms with Crippen molar-refractivity contribution in [2.75, 3.05) is 6.54 Å². The molecule has 2 N–H and O–H groups in total. The van der Waals surface area contributed by atoms with Crippen LogP contribution in [0.25, 0.3) is 0 Å². The molecule has 0 unspecified atom stereocenters. The summed E-state index contributed by atoms with van der Waals surface area (Å²) >= 11 is 5.66. The van der Waals surface area contributed by atoms with E-state index in [2.05, 4.69) is 4.98 Å². The number of nitrogens with two attached hydrogens (primary N) is 1. The smallest absolute Gasteiger partial charge is 0.243 e. The van der Waals surface area contributed by atoms with Crippen LogP contribution in [0.5, 0.6) is 0 Å². The summed E-state index contributed by atoms with van der Waals surface area (Å²) in [7, 11) is -3.81. The number of carbonyl (C=O) groups excluding carboxylic acids is 1. The zero-order valence-electron chi connectivity index (χ0n) is 10.00. The molecule has 0 saturated heterocycles. The van der Waals surface area contributed by atoms with E-state index in [1.807, 2.05) is 0 Å². The highest BCUT2D eigenvalue weighted by Gasteiger charge is 2.28. The van der Waals surface area contributed by atoms with Gasteiger partial charge in [0.1, 0.15) is 5.15 Å². The number of aromatic nitrogens is 1. The molecular weight excluding hydrogens is 278 g/mol. The van der Waals surface area contributed by atoms with Crippen molar-refractivity contribution in [2.24, 2.45) is 5.73 Å². The lowest BCUT2D eigenvalue weighted by Crippen LogP contribution is -2.42. The number of nitrogens with zero attached hydrogens (tertiary/aromatic N) is 2. The molecule has 0 atom stereocenters. The Morgan fingerprint density at radius 2 is 2.17 bits per heavy atom. The van der Waals surface area contributed by atoms with E-state index in [-0.39, 0.29) is 16.6 Å². The molecule has 1 rings (SSSR count). The Labute approximate surface area is 111 Å². The number of carbonyl (C=O) groups is 1. The first-order valence-electron chi connectivity index (χ1n) is 5.17. The van der Waals surface area contributed by atoms with Crippen LogP contribution in [0.2, 0.25) is 5.15 Å². The average molecular weight is 292 g/mol. The van der Waals surface area contributed by atoms with Crippen molar-refractivity contribution in [3.8, 4) is 0 Å². The molecule has 0 aromatic carbocycles. The van der Waals surface area contributed by atoms with Crippen molar-refractivity contribution < 1.29 is 13.2 Å². The second-order valence-corrected chi connectivity index (χ2v) is 6.20. The van der Waals surface area contributed by atoms with Gasteiger partial charge < -0.3 is 5.73 Å². The van der Waals surface area contributed by atoms with Crippen LogP contribution in [0.3, 0.4) is 0 Å². The van der Waals surface area contributed by atoms with Gasteiger partial charge in [-0.05, 0) is 26.0 Å². The number of hydrogen-bond donors (Lipinski definition) is 1. The van der Waals surface area contributed by atoms with Gasteiger partial charge in [-0.2, -0.15) is 4.31 Å². The fourth-order valence-electron chi connectivity index (χ4n) is 1.38. The van der Waals surface area contributed by atoms with Gasteiger partial charge in [-0.25, -0.2) is 13.4 Å². The first-order valence-corrected chi connectivity index (χ1v) is 6.98. The normalized spacial score (nSPS) is 12.1. The molecule has 0 radical (unpaired) electrons. The highest BCUT2D eigenvalue weighted by atomic mass is 35.5. The molecule has 1 heterocycles. The Kier molecular flexibility index (Phi) is 4.66. The van der Waals surface area contributed by atoms with Gasteiger partial charge in [0.15, 0.2) is 0 Å². The maximum absolute atomic E-state index is 12.3. The number of primary amides is 1. The molecule has 0 aliphatic carbocycles. The molecule has 18 heavy (non-hydrogen) atoms. The zero-order valence-corrected chi connectivity index (χ0v) is 11.6. The Morgan fingerprint density at radius 1 is 1.56 bits per heavy atom. The van der Waals surface area contributed by atoms with E-state index < -0.39 is 22.0 Å². The lowest BCUT2D eigenvalue weighted by atomic mass is 10.4. The minimum Gasteiger partial charge on any atom is -0.369 e. The minimum absolute atomic E-state index is 0.0162. The second-order valence-electron chi connectivity index (χ2n) is 3.92. The number of pyridine rings is 1. The Hall–Kier alpha value is -1.18. The molecule has 0 aliphatic rings. The van der Waals surface area contributed by atoms with Gasteiger partial charge in [0.05, 0.1) is 11.4 Å². The Morgan fingerprint density at radius 3 is 2.61 bits per heavy atom. The average Bonchev–Trinajstić information content (AvgIpc) is 2.25. The summed E-state index contributed by atoms with van der Waals surface area (Å²) in [5.41, 5.74) is 5.05. The summed E-state index contributed by atoms with van der Waals surface area (Å²) in [6.07, 6.45) is 1.29. The number of amides is 1. The van der Waals surface area contributed by atoms with Crippen molar-refractivity contribution >= 4 is 27.5 Å². The molecular formula is C10H14ClN3O3S. The van der Waals surface area contributed by atoms with Crippen molar-refractivity contribution in [2.45, 2.75) is 24.8 Å². The molecule has 0 bridgehead atoms. The monoisotopic (exact) mass is 291 g/mol. The predicted molar refractivity (Wildman–Crippen MR) is 67.5 cm³/mol. The third kappa shape index (κ3) is 3.41. The number of hydrogen-bond acceptors (Lipinski definition) is 4. The lowest BCUT2D eigenvalue weighted by Gasteiger charge is -2.24. The fourth-order valence-corrected chi connectivity index (χ4v) is 3.23. The number of halogens is 1. The summed E-state index contributed by atoms with van der Waals surface area (Å²) in [6.45, 7) is 2.94. The van der Waals surface area contributed by atoms with Gasteiger partial charge in [0, 0.05) is 12.2 Å². The third-order valence-electron chi connectivity index (χ3n) is 2.19. The SMILES string of the molecule is CC(C)N(CC(N)=O)S(=O)(=O)c1ccnc(Cl)c1. The van der Waals surface area contributed by atoms with Crippen LogP contribution in [0.4, 0.5) is 0 Å². The predicted octanol–water partition coefficient (Wildman–Crippen LogP) is 0.619. The lowest BCUT2D eigenvalue weighted by molar-refractivity contribution is -0.118. The largest absolute Gasteiger partial charge is 0.369 e. The molecule has 1 amide bonds. The quantitative estimate of drug-likeness (QED) is 0.805. The van der Waals surface area contributed by atoms with Crippen LogP contribution in [-0.4, -0.2) is 36.2 Å². The highest BCUT2D eigenvalue weighted by Crippen LogP contribution is 2.19. The van der Waals surface area contributed by atoms with Crippen LogP contribution in [0.15, 0.2) is 23.2 Å². The Bertz CT molecular complexity index is 545. The maximum Gasteiger partial charge on any atom is 0.243 e. The molecule has 1 aromatic rings. The summed E-state index contributed by atoms with van der Waals surface area (Å²) in [5, 5.41) is 0.0684. The standard InChI is InChI=1S/C10H14ClN3O3S/c1-7(2)14(6-10(12)15)18(16,17)8-3-4-13-9(11)5-8/h3-5,7H,6H2,1-2H3,(H2,12,15). The minimum atomic E-state index is -3.81. The molecule has 6 nitrogen and oxygen atoms in total. The van der Waals surface area contributed by atoms with E-state index in [0.29, 0.717) is 0 Å². The van der Waals surface area contributed by atoms with E-state index >= 15 is 0 Å². The van der Waals surface area contributed by atoms with E-state index in [0.717, 1.165) is 4.31 Å². The molecule has 0 saturated carbocycles. The molecule has 8 heteroatoms. The second kappa shape index (κ2) is 5.64. The van der Waals surface area contributed by atoms with E-state index in [1.165, 1.54) is 18.3 Å². The highest BCUT2D eigenvalue weighted by molar-refractivity contribution is 7.89. The van der Waals surface area contributed by atoms with Gasteiger partial charge in [-0.1, -0.05) is 11.6 Å². The topological polar surface area (TPSA) is 93.4 Å². The summed E-state index contributed by atoms with van der Waals surface area (Å²) in [4.78, 5) is 14.6. The molecule has 0 aliphatic heterocycles. The van der Waals surface area contributed by atoms with Gasteiger partial charge in [0.25, 0.3) is 0 Å². The van der Waals surface area contributed by atoms with Gasteiger partial charge in [-0.15, -0.1) is 0 Å². The first-order chi connectivity index (χ1) is 8.25. The van der Waals surface area contributed by atoms with Crippen LogP contribution in [0, 0.1) is 0 Å². The first kappa shape index (κ1) is 14.9. The van der Waals surface area contributed by atoms with Crippen molar-refractivity contribution in [3.05, 3.63) is 23.5 Å². The van der Waals surface area contributed by atoms with E-state index in [1.54, 1.807) is 13.8 Å². The van der Waals surface area contributed by atoms with Crippen LogP contribution < -0.4 is 5.73 Å². The number of rotatable bonds is 5.